The Morgan fingerprint density at radius 3 is 3.00 bits per heavy atom. The lowest BCUT2D eigenvalue weighted by Crippen LogP contribution is -2.44. The van der Waals surface area contributed by atoms with E-state index < -0.39 is 0 Å². The van der Waals surface area contributed by atoms with E-state index >= 15 is 0 Å². The monoisotopic (exact) mass is 157 g/mol. The minimum Gasteiger partial charge on any atom is -0.316 e. The molecule has 1 unspecified atom stereocenters. The van der Waals surface area contributed by atoms with Crippen LogP contribution in [0.25, 0.3) is 0 Å². The van der Waals surface area contributed by atoms with Crippen LogP contribution in [0.15, 0.2) is 0 Å². The van der Waals surface area contributed by atoms with E-state index in [0.717, 1.165) is 25.9 Å². The van der Waals surface area contributed by atoms with Gasteiger partial charge in [-0.2, -0.15) is 0 Å². The lowest BCUT2D eigenvalue weighted by atomic mass is 9.99. The summed E-state index contributed by atoms with van der Waals surface area (Å²) in [5, 5.41) is 3.19. The van der Waals surface area contributed by atoms with Crippen LogP contribution in [-0.2, 0) is 4.79 Å². The van der Waals surface area contributed by atoms with Gasteiger partial charge in [-0.15, -0.1) is 0 Å². The molecule has 1 aliphatic heterocycles. The molecule has 1 amide bonds. The van der Waals surface area contributed by atoms with E-state index in [1.54, 1.807) is 7.05 Å². The third kappa shape index (κ3) is 2.48. The molecule has 0 radical (unpaired) electrons. The fourth-order valence-corrected chi connectivity index (χ4v) is 1.30. The van der Waals surface area contributed by atoms with Crippen molar-refractivity contribution in [1.29, 1.82) is 0 Å². The highest BCUT2D eigenvalue weighted by molar-refractivity contribution is 5.78. The van der Waals surface area contributed by atoms with Crippen LogP contribution in [0, 0.1) is 5.92 Å². The molecule has 64 valence electrons. The van der Waals surface area contributed by atoms with Crippen LogP contribution < -0.4 is 16.2 Å². The maximum absolute atomic E-state index is 11.2. The van der Waals surface area contributed by atoms with E-state index in [0.29, 0.717) is 0 Å². The van der Waals surface area contributed by atoms with Crippen molar-refractivity contribution in [3.05, 3.63) is 0 Å². The highest BCUT2D eigenvalue weighted by atomic mass is 16.2. The van der Waals surface area contributed by atoms with Gasteiger partial charge in [0.15, 0.2) is 0 Å². The smallest absolute Gasteiger partial charge is 0.238 e. The molecule has 3 N–H and O–H groups in total. The SMILES string of the molecule is CNNC(=O)C1CCCNC1. The Balaban J connectivity index is 2.27. The summed E-state index contributed by atoms with van der Waals surface area (Å²) in [5.74, 6) is 0.246. The minimum atomic E-state index is 0.0969. The Hall–Kier alpha value is -0.610. The zero-order valence-corrected chi connectivity index (χ0v) is 6.81. The topological polar surface area (TPSA) is 53.2 Å². The summed E-state index contributed by atoms with van der Waals surface area (Å²) in [6.07, 6.45) is 2.10. The van der Waals surface area contributed by atoms with Crippen molar-refractivity contribution in [3.8, 4) is 0 Å². The average Bonchev–Trinajstić information content (AvgIpc) is 2.07. The van der Waals surface area contributed by atoms with E-state index in [4.69, 9.17) is 0 Å². The zero-order chi connectivity index (χ0) is 8.10. The molecular formula is C7H15N3O. The fraction of sp³-hybridized carbons (Fsp3) is 0.857. The molecule has 0 spiro atoms. The van der Waals surface area contributed by atoms with Crippen LogP contribution in [0.1, 0.15) is 12.8 Å². The van der Waals surface area contributed by atoms with Gasteiger partial charge >= 0.3 is 0 Å². The first-order chi connectivity index (χ1) is 5.34. The molecule has 1 aliphatic rings. The van der Waals surface area contributed by atoms with E-state index in [-0.39, 0.29) is 11.8 Å². The van der Waals surface area contributed by atoms with Gasteiger partial charge in [-0.1, -0.05) is 0 Å². The molecule has 1 saturated heterocycles. The maximum atomic E-state index is 11.2. The first kappa shape index (κ1) is 8.49. The highest BCUT2D eigenvalue weighted by Gasteiger charge is 2.19. The Morgan fingerprint density at radius 1 is 1.64 bits per heavy atom. The highest BCUT2D eigenvalue weighted by Crippen LogP contribution is 2.08. The van der Waals surface area contributed by atoms with Gasteiger partial charge in [-0.3, -0.25) is 10.2 Å². The Morgan fingerprint density at radius 2 is 2.45 bits per heavy atom. The second-order valence-corrected chi connectivity index (χ2v) is 2.78. The maximum Gasteiger partial charge on any atom is 0.238 e. The van der Waals surface area contributed by atoms with Gasteiger partial charge in [-0.25, -0.2) is 5.43 Å². The van der Waals surface area contributed by atoms with E-state index in [9.17, 15) is 4.79 Å². The second-order valence-electron chi connectivity index (χ2n) is 2.78. The van der Waals surface area contributed by atoms with E-state index in [2.05, 4.69) is 16.2 Å². The van der Waals surface area contributed by atoms with Gasteiger partial charge in [0, 0.05) is 13.6 Å². The third-order valence-electron chi connectivity index (χ3n) is 1.92. The van der Waals surface area contributed by atoms with Crippen molar-refractivity contribution < 1.29 is 4.79 Å². The second kappa shape index (κ2) is 4.31. The van der Waals surface area contributed by atoms with Crippen molar-refractivity contribution in [2.75, 3.05) is 20.1 Å². The quantitative estimate of drug-likeness (QED) is 0.462. The van der Waals surface area contributed by atoms with Gasteiger partial charge in [-0.05, 0) is 19.4 Å². The van der Waals surface area contributed by atoms with Gasteiger partial charge in [0.1, 0.15) is 0 Å². The first-order valence-corrected chi connectivity index (χ1v) is 4.02. The molecule has 4 nitrogen and oxygen atoms in total. The average molecular weight is 157 g/mol. The molecule has 1 heterocycles. The number of rotatable bonds is 2. The summed E-state index contributed by atoms with van der Waals surface area (Å²) in [5.41, 5.74) is 5.22. The number of nitrogens with one attached hydrogen (secondary N) is 3. The molecule has 0 aromatic heterocycles. The van der Waals surface area contributed by atoms with Crippen molar-refractivity contribution in [3.63, 3.8) is 0 Å². The van der Waals surface area contributed by atoms with Crippen LogP contribution in [0.5, 0.6) is 0 Å². The van der Waals surface area contributed by atoms with Crippen molar-refractivity contribution in [2.45, 2.75) is 12.8 Å². The van der Waals surface area contributed by atoms with Crippen molar-refractivity contribution >= 4 is 5.91 Å². The molecule has 1 fully saturated rings. The summed E-state index contributed by atoms with van der Waals surface area (Å²) < 4.78 is 0. The molecular weight excluding hydrogens is 142 g/mol. The molecule has 0 saturated carbocycles. The lowest BCUT2D eigenvalue weighted by molar-refractivity contribution is -0.126. The number of hydrazine groups is 1. The molecule has 0 aromatic carbocycles. The van der Waals surface area contributed by atoms with Crippen molar-refractivity contribution in [2.24, 2.45) is 5.92 Å². The molecule has 1 atom stereocenters. The normalized spacial score (nSPS) is 24.6. The number of amides is 1. The summed E-state index contributed by atoms with van der Waals surface area (Å²) in [6.45, 7) is 1.86. The Kier molecular flexibility index (Phi) is 3.32. The standard InChI is InChI=1S/C7H15N3O/c1-8-10-7(11)6-3-2-4-9-5-6/h6,8-9H,2-5H2,1H3,(H,10,11). The minimum absolute atomic E-state index is 0.0969. The van der Waals surface area contributed by atoms with Crippen LogP contribution in [0.4, 0.5) is 0 Å². The van der Waals surface area contributed by atoms with Crippen LogP contribution in [-0.4, -0.2) is 26.0 Å². The lowest BCUT2D eigenvalue weighted by Gasteiger charge is -2.21. The molecule has 0 aliphatic carbocycles. The van der Waals surface area contributed by atoms with Gasteiger partial charge in [0.05, 0.1) is 5.92 Å². The van der Waals surface area contributed by atoms with Crippen LogP contribution in [0.2, 0.25) is 0 Å². The van der Waals surface area contributed by atoms with Crippen LogP contribution in [0.3, 0.4) is 0 Å². The summed E-state index contributed by atoms with van der Waals surface area (Å²) in [7, 11) is 1.70. The molecule has 0 aromatic rings. The first-order valence-electron chi connectivity index (χ1n) is 4.02. The van der Waals surface area contributed by atoms with Gasteiger partial charge in [0.25, 0.3) is 0 Å². The zero-order valence-electron chi connectivity index (χ0n) is 6.81. The summed E-state index contributed by atoms with van der Waals surface area (Å²) >= 11 is 0. The Labute approximate surface area is 66.7 Å². The summed E-state index contributed by atoms with van der Waals surface area (Å²) in [4.78, 5) is 11.2. The van der Waals surface area contributed by atoms with E-state index in [1.165, 1.54) is 0 Å². The largest absolute Gasteiger partial charge is 0.316 e. The number of hydrogen-bond donors (Lipinski definition) is 3. The van der Waals surface area contributed by atoms with Crippen molar-refractivity contribution in [1.82, 2.24) is 16.2 Å². The molecule has 11 heavy (non-hydrogen) atoms. The Bertz CT molecular complexity index is 132. The molecule has 1 rings (SSSR count). The number of piperidine rings is 1. The summed E-state index contributed by atoms with van der Waals surface area (Å²) in [6, 6.07) is 0. The number of carbonyl (C=O) groups is 1. The molecule has 0 bridgehead atoms. The predicted octanol–water partition coefficient (Wildman–Crippen LogP) is -0.763. The third-order valence-corrected chi connectivity index (χ3v) is 1.92. The van der Waals surface area contributed by atoms with Gasteiger partial charge < -0.3 is 5.32 Å². The van der Waals surface area contributed by atoms with Crippen LogP contribution >= 0.6 is 0 Å². The molecule has 4 heteroatoms. The van der Waals surface area contributed by atoms with E-state index in [1.807, 2.05) is 0 Å². The number of hydrogen-bond acceptors (Lipinski definition) is 3. The number of carbonyl (C=O) groups excluding carboxylic acids is 1. The predicted molar refractivity (Wildman–Crippen MR) is 42.8 cm³/mol. The fourth-order valence-electron chi connectivity index (χ4n) is 1.30. The van der Waals surface area contributed by atoms with Gasteiger partial charge in [0.2, 0.25) is 5.91 Å².